The van der Waals surface area contributed by atoms with E-state index in [1.54, 1.807) is 23.1 Å². The molecule has 2 aromatic rings. The Labute approximate surface area is 160 Å². The number of hydrogen-bond donors (Lipinski definition) is 1. The summed E-state index contributed by atoms with van der Waals surface area (Å²) in [5, 5.41) is 2.91. The van der Waals surface area contributed by atoms with Crippen molar-refractivity contribution in [1.82, 2.24) is 4.90 Å². The number of benzene rings is 2. The second kappa shape index (κ2) is 9.33. The average molecular weight is 366 g/mol. The Bertz CT molecular complexity index is 798. The van der Waals surface area contributed by atoms with Crippen LogP contribution < -0.4 is 5.32 Å². The number of aryl methyl sites for hydroxylation is 1. The third-order valence-corrected chi connectivity index (χ3v) is 4.71. The third-order valence-electron chi connectivity index (χ3n) is 4.71. The number of carbonyl (C=O) groups excluding carboxylic acids is 2. The predicted octanol–water partition coefficient (Wildman–Crippen LogP) is 3.75. The topological polar surface area (TPSA) is 58.6 Å². The van der Waals surface area contributed by atoms with Gasteiger partial charge in [0.2, 0.25) is 0 Å². The zero-order valence-electron chi connectivity index (χ0n) is 15.7. The van der Waals surface area contributed by atoms with Crippen molar-refractivity contribution in [3.63, 3.8) is 0 Å². The molecular formula is C22H26N2O3. The monoisotopic (exact) mass is 366 g/mol. The molecular weight excluding hydrogens is 340 g/mol. The van der Waals surface area contributed by atoms with Gasteiger partial charge in [0.15, 0.2) is 0 Å². The maximum atomic E-state index is 12.8. The smallest absolute Gasteiger partial charge is 0.256 e. The lowest BCUT2D eigenvalue weighted by atomic mass is 10.0. The number of carbonyl (C=O) groups is 2. The first-order valence-electron chi connectivity index (χ1n) is 9.55. The van der Waals surface area contributed by atoms with Crippen LogP contribution in [0.25, 0.3) is 0 Å². The van der Waals surface area contributed by atoms with Gasteiger partial charge in [-0.2, -0.15) is 0 Å². The number of nitrogens with zero attached hydrogens (tertiary/aromatic N) is 1. The molecule has 0 saturated carbocycles. The van der Waals surface area contributed by atoms with Gasteiger partial charge in [0.05, 0.1) is 24.5 Å². The molecule has 2 aromatic carbocycles. The summed E-state index contributed by atoms with van der Waals surface area (Å²) in [4.78, 5) is 27.3. The SMILES string of the molecule is CCCCc1cccc(C(=O)Nc2ccccc2C(=O)N2CCOCC2)c1. The molecule has 0 atom stereocenters. The molecule has 0 unspecified atom stereocenters. The average Bonchev–Trinajstić information content (AvgIpc) is 2.73. The van der Waals surface area contributed by atoms with Crippen LogP contribution in [-0.4, -0.2) is 43.0 Å². The van der Waals surface area contributed by atoms with Crippen LogP contribution in [0.2, 0.25) is 0 Å². The van der Waals surface area contributed by atoms with Crippen LogP contribution in [0.5, 0.6) is 0 Å². The summed E-state index contributed by atoms with van der Waals surface area (Å²) in [6.07, 6.45) is 3.18. The normalized spacial score (nSPS) is 14.0. The summed E-state index contributed by atoms with van der Waals surface area (Å²) in [5.41, 5.74) is 2.81. The highest BCUT2D eigenvalue weighted by Gasteiger charge is 2.21. The molecule has 1 saturated heterocycles. The lowest BCUT2D eigenvalue weighted by Crippen LogP contribution is -2.41. The minimum atomic E-state index is -0.199. The summed E-state index contributed by atoms with van der Waals surface area (Å²) in [6, 6.07) is 14.8. The highest BCUT2D eigenvalue weighted by molar-refractivity contribution is 6.09. The maximum absolute atomic E-state index is 12.8. The number of unbranched alkanes of at least 4 members (excludes halogenated alkanes) is 1. The van der Waals surface area contributed by atoms with Crippen molar-refractivity contribution in [3.05, 3.63) is 65.2 Å². The van der Waals surface area contributed by atoms with Gasteiger partial charge in [-0.15, -0.1) is 0 Å². The van der Waals surface area contributed by atoms with Crippen LogP contribution >= 0.6 is 0 Å². The molecule has 1 N–H and O–H groups in total. The minimum absolute atomic E-state index is 0.0779. The first-order chi connectivity index (χ1) is 13.2. The quantitative estimate of drug-likeness (QED) is 0.847. The molecule has 5 heteroatoms. The molecule has 3 rings (SSSR count). The lowest BCUT2D eigenvalue weighted by Gasteiger charge is -2.27. The fourth-order valence-corrected chi connectivity index (χ4v) is 3.16. The van der Waals surface area contributed by atoms with Gasteiger partial charge >= 0.3 is 0 Å². The number of rotatable bonds is 6. The van der Waals surface area contributed by atoms with Crippen molar-refractivity contribution in [2.45, 2.75) is 26.2 Å². The lowest BCUT2D eigenvalue weighted by molar-refractivity contribution is 0.0303. The van der Waals surface area contributed by atoms with Crippen molar-refractivity contribution < 1.29 is 14.3 Å². The molecule has 1 aliphatic heterocycles. The molecule has 1 heterocycles. The van der Waals surface area contributed by atoms with E-state index in [4.69, 9.17) is 4.74 Å². The van der Waals surface area contributed by atoms with Crippen LogP contribution in [-0.2, 0) is 11.2 Å². The molecule has 0 aromatic heterocycles. The summed E-state index contributed by atoms with van der Waals surface area (Å²) >= 11 is 0. The molecule has 1 fully saturated rings. The maximum Gasteiger partial charge on any atom is 0.256 e. The van der Waals surface area contributed by atoms with Crippen molar-refractivity contribution in [3.8, 4) is 0 Å². The Hall–Kier alpha value is -2.66. The van der Waals surface area contributed by atoms with Gasteiger partial charge in [-0.05, 0) is 42.7 Å². The van der Waals surface area contributed by atoms with Crippen LogP contribution in [0, 0.1) is 0 Å². The minimum Gasteiger partial charge on any atom is -0.378 e. The second-order valence-electron chi connectivity index (χ2n) is 6.71. The van der Waals surface area contributed by atoms with Gasteiger partial charge < -0.3 is 15.0 Å². The molecule has 1 aliphatic rings. The fraction of sp³-hybridized carbons (Fsp3) is 0.364. The molecule has 142 valence electrons. The van der Waals surface area contributed by atoms with E-state index in [1.807, 2.05) is 30.3 Å². The van der Waals surface area contributed by atoms with Gasteiger partial charge in [-0.25, -0.2) is 0 Å². The van der Waals surface area contributed by atoms with E-state index >= 15 is 0 Å². The number of anilines is 1. The van der Waals surface area contributed by atoms with E-state index < -0.39 is 0 Å². The van der Waals surface area contributed by atoms with Gasteiger partial charge in [0.1, 0.15) is 0 Å². The standard InChI is InChI=1S/C22H26N2O3/c1-2-3-7-17-8-6-9-18(16-17)21(25)23-20-11-5-4-10-19(20)22(26)24-12-14-27-15-13-24/h4-6,8-11,16H,2-3,7,12-15H2,1H3,(H,23,25). The zero-order chi connectivity index (χ0) is 19.1. The van der Waals surface area contributed by atoms with Gasteiger partial charge in [-0.3, -0.25) is 9.59 Å². The van der Waals surface area contributed by atoms with E-state index in [-0.39, 0.29) is 11.8 Å². The summed E-state index contributed by atoms with van der Waals surface area (Å²) < 4.78 is 5.31. The van der Waals surface area contributed by atoms with Crippen LogP contribution in [0.15, 0.2) is 48.5 Å². The Balaban J connectivity index is 1.75. The second-order valence-corrected chi connectivity index (χ2v) is 6.71. The van der Waals surface area contributed by atoms with Crippen molar-refractivity contribution in [1.29, 1.82) is 0 Å². The van der Waals surface area contributed by atoms with E-state index in [1.165, 1.54) is 0 Å². The third kappa shape index (κ3) is 4.95. The number of para-hydroxylation sites is 1. The van der Waals surface area contributed by atoms with E-state index in [0.717, 1.165) is 24.8 Å². The molecule has 0 aliphatic carbocycles. The van der Waals surface area contributed by atoms with Crippen molar-refractivity contribution >= 4 is 17.5 Å². The molecule has 0 spiro atoms. The number of ether oxygens (including phenoxy) is 1. The number of morpholine rings is 1. The summed E-state index contributed by atoms with van der Waals surface area (Å²) in [6.45, 7) is 4.38. The van der Waals surface area contributed by atoms with Gasteiger partial charge in [0, 0.05) is 18.7 Å². The van der Waals surface area contributed by atoms with Crippen molar-refractivity contribution in [2.24, 2.45) is 0 Å². The Morgan fingerprint density at radius 1 is 1.07 bits per heavy atom. The van der Waals surface area contributed by atoms with Gasteiger partial charge in [0.25, 0.3) is 11.8 Å². The Kier molecular flexibility index (Phi) is 6.60. The first kappa shape index (κ1) is 19.1. The van der Waals surface area contributed by atoms with E-state index in [9.17, 15) is 9.59 Å². The predicted molar refractivity (Wildman–Crippen MR) is 106 cm³/mol. The van der Waals surface area contributed by atoms with E-state index in [2.05, 4.69) is 12.2 Å². The summed E-state index contributed by atoms with van der Waals surface area (Å²) in [7, 11) is 0. The van der Waals surface area contributed by atoms with Crippen LogP contribution in [0.4, 0.5) is 5.69 Å². The number of nitrogens with one attached hydrogen (secondary N) is 1. The molecule has 0 bridgehead atoms. The highest BCUT2D eigenvalue weighted by Crippen LogP contribution is 2.19. The van der Waals surface area contributed by atoms with Crippen LogP contribution in [0.1, 0.15) is 46.0 Å². The molecule has 2 amide bonds. The Morgan fingerprint density at radius 3 is 2.63 bits per heavy atom. The van der Waals surface area contributed by atoms with Crippen LogP contribution in [0.3, 0.4) is 0 Å². The fourth-order valence-electron chi connectivity index (χ4n) is 3.16. The molecule has 27 heavy (non-hydrogen) atoms. The Morgan fingerprint density at radius 2 is 1.85 bits per heavy atom. The van der Waals surface area contributed by atoms with Crippen molar-refractivity contribution in [2.75, 3.05) is 31.6 Å². The van der Waals surface area contributed by atoms with Gasteiger partial charge in [-0.1, -0.05) is 37.6 Å². The first-order valence-corrected chi connectivity index (χ1v) is 9.55. The molecule has 5 nitrogen and oxygen atoms in total. The van der Waals surface area contributed by atoms with E-state index in [0.29, 0.717) is 43.1 Å². The highest BCUT2D eigenvalue weighted by atomic mass is 16.5. The largest absolute Gasteiger partial charge is 0.378 e. The number of hydrogen-bond acceptors (Lipinski definition) is 3. The summed E-state index contributed by atoms with van der Waals surface area (Å²) in [5.74, 6) is -0.276. The molecule has 0 radical (unpaired) electrons. The number of amides is 2. The zero-order valence-corrected chi connectivity index (χ0v) is 15.7.